The Morgan fingerprint density at radius 3 is 2.67 bits per heavy atom. The fourth-order valence-electron chi connectivity index (χ4n) is 3.10. The molecule has 0 spiro atoms. The number of rotatable bonds is 5. The van der Waals surface area contributed by atoms with Crippen molar-refractivity contribution in [1.29, 1.82) is 0 Å². The number of H-pyrrole nitrogens is 1. The van der Waals surface area contributed by atoms with E-state index in [1.54, 1.807) is 24.5 Å². The molecule has 3 aromatic heterocycles. The van der Waals surface area contributed by atoms with Gasteiger partial charge in [-0.25, -0.2) is 9.37 Å². The molecule has 0 radical (unpaired) electrons. The van der Waals surface area contributed by atoms with Crippen molar-refractivity contribution in [1.82, 2.24) is 15.0 Å². The summed E-state index contributed by atoms with van der Waals surface area (Å²) >= 11 is 0. The monoisotopic (exact) mass is 362 g/mol. The van der Waals surface area contributed by atoms with Crippen LogP contribution in [0.1, 0.15) is 6.92 Å². The maximum absolute atomic E-state index is 13.4. The minimum absolute atomic E-state index is 0.0169. The molecule has 3 N–H and O–H groups in total. The summed E-state index contributed by atoms with van der Waals surface area (Å²) in [6.07, 6.45) is 3.46. The van der Waals surface area contributed by atoms with Crippen LogP contribution in [-0.2, 0) is 0 Å². The molecule has 1 atom stereocenters. The number of aromatic nitrogens is 3. The van der Waals surface area contributed by atoms with Gasteiger partial charge in [0.2, 0.25) is 0 Å². The van der Waals surface area contributed by atoms with Crippen LogP contribution in [0.3, 0.4) is 0 Å². The van der Waals surface area contributed by atoms with Crippen molar-refractivity contribution in [2.75, 3.05) is 11.9 Å². The molecular formula is C21H19FN4O. The van der Waals surface area contributed by atoms with Crippen LogP contribution in [0.2, 0.25) is 0 Å². The average molecular weight is 362 g/mol. The summed E-state index contributed by atoms with van der Waals surface area (Å²) in [4.78, 5) is 12.3. The van der Waals surface area contributed by atoms with Crippen molar-refractivity contribution in [2.24, 2.45) is 0 Å². The van der Waals surface area contributed by atoms with Gasteiger partial charge in [-0.3, -0.25) is 4.98 Å². The highest BCUT2D eigenvalue weighted by Crippen LogP contribution is 2.37. The van der Waals surface area contributed by atoms with Gasteiger partial charge in [0, 0.05) is 29.6 Å². The third-order valence-corrected chi connectivity index (χ3v) is 4.40. The number of anilines is 1. The van der Waals surface area contributed by atoms with Crippen LogP contribution in [0.4, 0.5) is 10.2 Å². The molecule has 5 nitrogen and oxygen atoms in total. The predicted molar refractivity (Wildman–Crippen MR) is 105 cm³/mol. The number of benzene rings is 1. The summed E-state index contributed by atoms with van der Waals surface area (Å²) in [5.41, 5.74) is 5.34. The Balaban J connectivity index is 1.88. The summed E-state index contributed by atoms with van der Waals surface area (Å²) in [6, 6.07) is 14.0. The van der Waals surface area contributed by atoms with Crippen LogP contribution in [0.25, 0.3) is 33.4 Å². The SMILES string of the molecule is CC(CO)Nc1cc(-c2[nH]c3cccnc3c2-c2ccc(F)cc2)ccn1. The van der Waals surface area contributed by atoms with E-state index in [2.05, 4.69) is 20.3 Å². The van der Waals surface area contributed by atoms with Gasteiger partial charge >= 0.3 is 0 Å². The topological polar surface area (TPSA) is 73.8 Å². The van der Waals surface area contributed by atoms with Crippen LogP contribution >= 0.6 is 0 Å². The van der Waals surface area contributed by atoms with E-state index < -0.39 is 0 Å². The van der Waals surface area contributed by atoms with Gasteiger partial charge in [-0.1, -0.05) is 12.1 Å². The van der Waals surface area contributed by atoms with Crippen LogP contribution < -0.4 is 5.32 Å². The number of halogens is 1. The Morgan fingerprint density at radius 1 is 1.07 bits per heavy atom. The number of aliphatic hydroxyl groups is 1. The second-order valence-electron chi connectivity index (χ2n) is 6.44. The van der Waals surface area contributed by atoms with Crippen molar-refractivity contribution in [3.8, 4) is 22.4 Å². The lowest BCUT2D eigenvalue weighted by Crippen LogP contribution is -2.19. The first-order valence-electron chi connectivity index (χ1n) is 8.72. The molecule has 27 heavy (non-hydrogen) atoms. The van der Waals surface area contributed by atoms with Gasteiger partial charge in [0.1, 0.15) is 11.6 Å². The number of hydrogen-bond donors (Lipinski definition) is 3. The number of nitrogens with one attached hydrogen (secondary N) is 2. The van der Waals surface area contributed by atoms with E-state index in [1.165, 1.54) is 12.1 Å². The summed E-state index contributed by atoms with van der Waals surface area (Å²) in [7, 11) is 0. The minimum atomic E-state index is -0.276. The average Bonchev–Trinajstić information content (AvgIpc) is 3.08. The molecule has 0 bridgehead atoms. The number of pyridine rings is 2. The van der Waals surface area contributed by atoms with Crippen LogP contribution in [0, 0.1) is 5.82 Å². The lowest BCUT2D eigenvalue weighted by molar-refractivity contribution is 0.281. The quantitative estimate of drug-likeness (QED) is 0.497. The fourth-order valence-corrected chi connectivity index (χ4v) is 3.10. The van der Waals surface area contributed by atoms with Gasteiger partial charge < -0.3 is 15.4 Å². The van der Waals surface area contributed by atoms with E-state index >= 15 is 0 Å². The Bertz CT molecular complexity index is 1080. The first-order chi connectivity index (χ1) is 13.2. The third-order valence-electron chi connectivity index (χ3n) is 4.40. The van der Waals surface area contributed by atoms with E-state index in [-0.39, 0.29) is 18.5 Å². The molecule has 0 amide bonds. The summed E-state index contributed by atoms with van der Waals surface area (Å²) < 4.78 is 13.4. The lowest BCUT2D eigenvalue weighted by atomic mass is 10.0. The smallest absolute Gasteiger partial charge is 0.126 e. The van der Waals surface area contributed by atoms with E-state index in [0.29, 0.717) is 5.82 Å². The highest BCUT2D eigenvalue weighted by atomic mass is 19.1. The standard InChI is InChI=1S/C21H19FN4O/c1-13(12-27)25-18-11-15(8-10-23-18)20-19(14-4-6-16(22)7-5-14)21-17(26-20)3-2-9-24-21/h2-11,13,26-27H,12H2,1H3,(H,23,25). The zero-order valence-electron chi connectivity index (χ0n) is 14.8. The van der Waals surface area contributed by atoms with Gasteiger partial charge in [-0.15, -0.1) is 0 Å². The molecule has 0 aliphatic carbocycles. The Morgan fingerprint density at radius 2 is 1.89 bits per heavy atom. The summed E-state index contributed by atoms with van der Waals surface area (Å²) in [5, 5.41) is 12.4. The number of aromatic amines is 1. The fraction of sp³-hybridized carbons (Fsp3) is 0.143. The van der Waals surface area contributed by atoms with E-state index in [4.69, 9.17) is 0 Å². The third kappa shape index (κ3) is 3.39. The van der Waals surface area contributed by atoms with Crippen LogP contribution in [0.5, 0.6) is 0 Å². The van der Waals surface area contributed by atoms with Gasteiger partial charge in [0.15, 0.2) is 0 Å². The Hall–Kier alpha value is -3.25. The van der Waals surface area contributed by atoms with E-state index in [9.17, 15) is 9.50 Å². The van der Waals surface area contributed by atoms with Crippen molar-refractivity contribution < 1.29 is 9.50 Å². The summed E-state index contributed by atoms with van der Waals surface area (Å²) in [5.74, 6) is 0.396. The van der Waals surface area contributed by atoms with Gasteiger partial charge in [-0.2, -0.15) is 0 Å². The molecule has 0 aliphatic rings. The lowest BCUT2D eigenvalue weighted by Gasteiger charge is -2.12. The van der Waals surface area contributed by atoms with Crippen molar-refractivity contribution in [3.05, 3.63) is 66.7 Å². The Kier molecular flexibility index (Phi) is 4.56. The normalized spacial score (nSPS) is 12.3. The highest BCUT2D eigenvalue weighted by molar-refractivity contribution is 6.01. The maximum atomic E-state index is 13.4. The van der Waals surface area contributed by atoms with Gasteiger partial charge in [0.25, 0.3) is 0 Å². The molecule has 136 valence electrons. The van der Waals surface area contributed by atoms with Crippen molar-refractivity contribution in [3.63, 3.8) is 0 Å². The number of fused-ring (bicyclic) bond motifs is 1. The van der Waals surface area contributed by atoms with Crippen molar-refractivity contribution in [2.45, 2.75) is 13.0 Å². The largest absolute Gasteiger partial charge is 0.394 e. The zero-order chi connectivity index (χ0) is 18.8. The number of hydrogen-bond acceptors (Lipinski definition) is 4. The molecule has 0 saturated carbocycles. The number of aliphatic hydroxyl groups excluding tert-OH is 1. The number of nitrogens with zero attached hydrogens (tertiary/aromatic N) is 2. The second-order valence-corrected chi connectivity index (χ2v) is 6.44. The first kappa shape index (κ1) is 17.2. The van der Waals surface area contributed by atoms with Crippen molar-refractivity contribution >= 4 is 16.9 Å². The molecule has 4 rings (SSSR count). The van der Waals surface area contributed by atoms with E-state index in [1.807, 2.05) is 31.2 Å². The zero-order valence-corrected chi connectivity index (χ0v) is 14.8. The molecule has 0 aliphatic heterocycles. The molecule has 6 heteroatoms. The Labute approximate surface area is 155 Å². The molecule has 1 unspecified atom stereocenters. The van der Waals surface area contributed by atoms with Gasteiger partial charge in [-0.05, 0) is 48.9 Å². The van der Waals surface area contributed by atoms with Crippen LogP contribution in [0.15, 0.2) is 60.9 Å². The second kappa shape index (κ2) is 7.17. The van der Waals surface area contributed by atoms with E-state index in [0.717, 1.165) is 33.4 Å². The molecule has 0 fully saturated rings. The van der Waals surface area contributed by atoms with Crippen LogP contribution in [-0.4, -0.2) is 32.7 Å². The minimum Gasteiger partial charge on any atom is -0.394 e. The molecular weight excluding hydrogens is 343 g/mol. The molecule has 1 aromatic carbocycles. The molecule has 0 saturated heterocycles. The molecule has 3 heterocycles. The summed E-state index contributed by atoms with van der Waals surface area (Å²) in [6.45, 7) is 1.90. The predicted octanol–water partition coefficient (Wildman–Crippen LogP) is 4.22. The highest BCUT2D eigenvalue weighted by Gasteiger charge is 2.17. The maximum Gasteiger partial charge on any atom is 0.126 e. The molecule has 4 aromatic rings. The first-order valence-corrected chi connectivity index (χ1v) is 8.72. The van der Waals surface area contributed by atoms with Gasteiger partial charge in [0.05, 0.1) is 23.3 Å².